The van der Waals surface area contributed by atoms with Gasteiger partial charge in [-0.3, -0.25) is 10.1 Å². The molecular formula is C21H21FN4O4. The van der Waals surface area contributed by atoms with Gasteiger partial charge in [-0.25, -0.2) is 14.0 Å². The minimum Gasteiger partial charge on any atom is -0.491 e. The highest BCUT2D eigenvalue weighted by atomic mass is 19.1. The third-order valence-corrected chi connectivity index (χ3v) is 5.27. The van der Waals surface area contributed by atoms with Crippen molar-refractivity contribution in [3.8, 4) is 5.75 Å². The van der Waals surface area contributed by atoms with E-state index in [1.54, 1.807) is 31.2 Å². The number of urea groups is 2. The molecule has 9 heteroatoms. The Labute approximate surface area is 172 Å². The quantitative estimate of drug-likeness (QED) is 0.573. The van der Waals surface area contributed by atoms with Gasteiger partial charge in [0.2, 0.25) is 0 Å². The summed E-state index contributed by atoms with van der Waals surface area (Å²) < 4.78 is 18.8. The van der Waals surface area contributed by atoms with Crippen molar-refractivity contribution in [1.82, 2.24) is 21.3 Å². The predicted molar refractivity (Wildman–Crippen MR) is 105 cm³/mol. The number of fused-ring (bicyclic) bond motifs is 1. The highest BCUT2D eigenvalue weighted by Crippen LogP contribution is 2.26. The molecule has 2 aromatic carbocycles. The van der Waals surface area contributed by atoms with Crippen LogP contribution in [0.2, 0.25) is 0 Å². The van der Waals surface area contributed by atoms with E-state index >= 15 is 0 Å². The zero-order valence-electron chi connectivity index (χ0n) is 16.3. The van der Waals surface area contributed by atoms with Crippen LogP contribution in [0.5, 0.6) is 5.75 Å². The van der Waals surface area contributed by atoms with E-state index in [0.717, 1.165) is 11.1 Å². The lowest BCUT2D eigenvalue weighted by molar-refractivity contribution is -0.123. The molecule has 2 aliphatic rings. The number of imide groups is 1. The second-order valence-corrected chi connectivity index (χ2v) is 7.52. The molecule has 1 saturated heterocycles. The van der Waals surface area contributed by atoms with Crippen LogP contribution in [-0.4, -0.2) is 30.6 Å². The van der Waals surface area contributed by atoms with Crippen molar-refractivity contribution in [2.45, 2.75) is 31.5 Å². The molecule has 1 fully saturated rings. The van der Waals surface area contributed by atoms with E-state index in [1.807, 2.05) is 6.07 Å². The first-order valence-corrected chi connectivity index (χ1v) is 9.52. The van der Waals surface area contributed by atoms with Crippen molar-refractivity contribution in [2.75, 3.05) is 6.61 Å². The smallest absolute Gasteiger partial charge is 0.322 e. The fourth-order valence-corrected chi connectivity index (χ4v) is 3.60. The first kappa shape index (κ1) is 19.7. The molecule has 2 unspecified atom stereocenters. The van der Waals surface area contributed by atoms with Gasteiger partial charge in [-0.15, -0.1) is 0 Å². The number of ether oxygens (including phenoxy) is 1. The summed E-state index contributed by atoms with van der Waals surface area (Å²) >= 11 is 0. The molecule has 2 aromatic rings. The molecule has 8 nitrogen and oxygen atoms in total. The Bertz CT molecular complexity index is 1030. The van der Waals surface area contributed by atoms with Crippen molar-refractivity contribution < 1.29 is 23.5 Å². The molecule has 2 heterocycles. The minimum absolute atomic E-state index is 0.231. The molecule has 0 aliphatic carbocycles. The Morgan fingerprint density at radius 3 is 2.87 bits per heavy atom. The molecule has 30 heavy (non-hydrogen) atoms. The monoisotopic (exact) mass is 412 g/mol. The molecule has 2 atom stereocenters. The van der Waals surface area contributed by atoms with Gasteiger partial charge in [0.05, 0.1) is 6.04 Å². The minimum atomic E-state index is -1.15. The number of hydrogen-bond acceptors (Lipinski definition) is 4. The van der Waals surface area contributed by atoms with Gasteiger partial charge < -0.3 is 20.7 Å². The lowest BCUT2D eigenvalue weighted by Gasteiger charge is -2.26. The van der Waals surface area contributed by atoms with E-state index in [0.29, 0.717) is 17.7 Å². The fraction of sp³-hybridized carbons (Fsp3) is 0.286. The molecule has 0 radical (unpaired) electrons. The number of amides is 5. The highest BCUT2D eigenvalue weighted by Gasteiger charge is 2.43. The normalized spacial score (nSPS) is 22.4. The summed E-state index contributed by atoms with van der Waals surface area (Å²) in [6.45, 7) is 2.12. The average molecular weight is 412 g/mol. The van der Waals surface area contributed by atoms with Gasteiger partial charge >= 0.3 is 12.1 Å². The lowest BCUT2D eigenvalue weighted by Crippen LogP contribution is -2.47. The number of nitrogens with one attached hydrogen (secondary N) is 4. The van der Waals surface area contributed by atoms with Gasteiger partial charge in [0.15, 0.2) is 0 Å². The van der Waals surface area contributed by atoms with Crippen LogP contribution in [0.3, 0.4) is 0 Å². The fourth-order valence-electron chi connectivity index (χ4n) is 3.60. The Balaban J connectivity index is 1.34. The number of carbonyl (C=O) groups excluding carboxylic acids is 3. The summed E-state index contributed by atoms with van der Waals surface area (Å²) in [6.07, 6.45) is 0.547. The largest absolute Gasteiger partial charge is 0.491 e. The number of halogens is 1. The maximum Gasteiger partial charge on any atom is 0.322 e. The van der Waals surface area contributed by atoms with Crippen molar-refractivity contribution in [1.29, 1.82) is 0 Å². The van der Waals surface area contributed by atoms with Gasteiger partial charge in [-0.1, -0.05) is 30.3 Å². The zero-order chi connectivity index (χ0) is 21.3. The molecule has 5 amide bonds. The van der Waals surface area contributed by atoms with E-state index < -0.39 is 17.5 Å². The summed E-state index contributed by atoms with van der Waals surface area (Å²) in [6, 6.07) is 10.3. The van der Waals surface area contributed by atoms with E-state index in [1.165, 1.54) is 12.1 Å². The van der Waals surface area contributed by atoms with Crippen LogP contribution < -0.4 is 26.0 Å². The van der Waals surface area contributed by atoms with E-state index in [-0.39, 0.29) is 31.0 Å². The van der Waals surface area contributed by atoms with Crippen molar-refractivity contribution in [3.05, 3.63) is 65.0 Å². The maximum absolute atomic E-state index is 13.3. The maximum atomic E-state index is 13.3. The predicted octanol–water partition coefficient (Wildman–Crippen LogP) is 1.68. The van der Waals surface area contributed by atoms with Crippen LogP contribution in [0.25, 0.3) is 0 Å². The van der Waals surface area contributed by atoms with E-state index in [2.05, 4.69) is 21.3 Å². The van der Waals surface area contributed by atoms with Gasteiger partial charge in [0.25, 0.3) is 5.91 Å². The van der Waals surface area contributed by atoms with E-state index in [4.69, 9.17) is 4.74 Å². The first-order valence-electron chi connectivity index (χ1n) is 9.52. The number of rotatable bonds is 4. The highest BCUT2D eigenvalue weighted by molar-refractivity contribution is 6.07. The average Bonchev–Trinajstić information content (AvgIpc) is 2.99. The zero-order valence-corrected chi connectivity index (χ0v) is 16.3. The molecule has 0 saturated carbocycles. The molecule has 4 N–H and O–H groups in total. The second-order valence-electron chi connectivity index (χ2n) is 7.52. The Kier molecular flexibility index (Phi) is 5.03. The second kappa shape index (κ2) is 7.66. The third-order valence-electron chi connectivity index (χ3n) is 5.27. The van der Waals surface area contributed by atoms with E-state index in [9.17, 15) is 18.8 Å². The molecule has 0 bridgehead atoms. The molecule has 0 aromatic heterocycles. The molecule has 2 aliphatic heterocycles. The lowest BCUT2D eigenvalue weighted by atomic mass is 9.91. The van der Waals surface area contributed by atoms with Crippen LogP contribution in [0.15, 0.2) is 42.5 Å². The Morgan fingerprint density at radius 2 is 2.10 bits per heavy atom. The van der Waals surface area contributed by atoms with Crippen LogP contribution >= 0.6 is 0 Å². The molecule has 4 rings (SSSR count). The Hall–Kier alpha value is -3.62. The SMILES string of the molecule is CC1(c2cccc(CNC(=O)NC3COc4cc(F)ccc4C3)c2)NC(=O)NC1=O. The molecular weight excluding hydrogens is 391 g/mol. The number of carbonyl (C=O) groups is 3. The summed E-state index contributed by atoms with van der Waals surface area (Å²) in [7, 11) is 0. The number of hydrogen-bond donors (Lipinski definition) is 4. The third kappa shape index (κ3) is 3.91. The summed E-state index contributed by atoms with van der Waals surface area (Å²) in [5.41, 5.74) is 1.08. The van der Waals surface area contributed by atoms with Gasteiger partial charge in [-0.05, 0) is 36.1 Å². The van der Waals surface area contributed by atoms with Gasteiger partial charge in [0.1, 0.15) is 23.7 Å². The Morgan fingerprint density at radius 1 is 1.27 bits per heavy atom. The van der Waals surface area contributed by atoms with Crippen LogP contribution in [0.1, 0.15) is 23.6 Å². The van der Waals surface area contributed by atoms with Gasteiger partial charge in [0, 0.05) is 12.6 Å². The van der Waals surface area contributed by atoms with Crippen molar-refractivity contribution >= 4 is 18.0 Å². The van der Waals surface area contributed by atoms with Crippen LogP contribution in [-0.2, 0) is 23.3 Å². The summed E-state index contributed by atoms with van der Waals surface area (Å²) in [5, 5.41) is 10.5. The van der Waals surface area contributed by atoms with Crippen LogP contribution in [0.4, 0.5) is 14.0 Å². The number of benzene rings is 2. The molecule has 0 spiro atoms. The first-order chi connectivity index (χ1) is 14.3. The molecule has 156 valence electrons. The van der Waals surface area contributed by atoms with Crippen LogP contribution in [0, 0.1) is 5.82 Å². The van der Waals surface area contributed by atoms with Gasteiger partial charge in [-0.2, -0.15) is 0 Å². The summed E-state index contributed by atoms with van der Waals surface area (Å²) in [5.74, 6) is -0.279. The summed E-state index contributed by atoms with van der Waals surface area (Å²) in [4.78, 5) is 35.9. The topological polar surface area (TPSA) is 109 Å². The van der Waals surface area contributed by atoms with Crippen molar-refractivity contribution in [3.63, 3.8) is 0 Å². The standard InChI is InChI=1S/C21H21FN4O4/c1-21(18(27)25-20(29)26-21)14-4-2-3-12(7-14)10-23-19(28)24-16-8-13-5-6-15(22)9-17(13)30-11-16/h2-7,9,16H,8,10-11H2,1H3,(H2,23,24,28)(H2,25,26,27,29). The van der Waals surface area contributed by atoms with Crippen molar-refractivity contribution in [2.24, 2.45) is 0 Å².